The second-order valence-electron chi connectivity index (χ2n) is 3.47. The summed E-state index contributed by atoms with van der Waals surface area (Å²) in [6, 6.07) is 4.51. The molecule has 1 aromatic carbocycles. The van der Waals surface area contributed by atoms with E-state index in [9.17, 15) is 4.79 Å². The monoisotopic (exact) mass is 261 g/mol. The maximum Gasteiger partial charge on any atom is 0.326 e. The maximum absolute atomic E-state index is 11.0. The van der Waals surface area contributed by atoms with Gasteiger partial charge in [0.05, 0.1) is 10.0 Å². The zero-order chi connectivity index (χ0) is 12.3. The molecule has 0 bridgehead atoms. The molecule has 16 heavy (non-hydrogen) atoms. The van der Waals surface area contributed by atoms with E-state index in [0.29, 0.717) is 16.5 Å². The van der Waals surface area contributed by atoms with E-state index >= 15 is 0 Å². The van der Waals surface area contributed by atoms with Crippen molar-refractivity contribution in [1.82, 2.24) is 0 Å². The molecule has 0 aromatic heterocycles. The zero-order valence-electron chi connectivity index (χ0n) is 9.08. The Labute approximate surface area is 105 Å². The number of halogens is 2. The van der Waals surface area contributed by atoms with Gasteiger partial charge in [-0.05, 0) is 24.6 Å². The van der Waals surface area contributed by atoms with E-state index in [1.54, 1.807) is 30.1 Å². The van der Waals surface area contributed by atoms with Gasteiger partial charge >= 0.3 is 5.97 Å². The molecule has 0 amide bonds. The van der Waals surface area contributed by atoms with Crippen molar-refractivity contribution < 1.29 is 9.90 Å². The molecule has 0 fully saturated rings. The molecule has 1 atom stereocenters. The van der Waals surface area contributed by atoms with Crippen LogP contribution in [0.2, 0.25) is 10.0 Å². The van der Waals surface area contributed by atoms with Crippen LogP contribution in [0.15, 0.2) is 18.2 Å². The molecule has 0 unspecified atom stereocenters. The Balaban J connectivity index is 2.99. The van der Waals surface area contributed by atoms with Crippen LogP contribution in [-0.4, -0.2) is 24.2 Å². The van der Waals surface area contributed by atoms with Crippen molar-refractivity contribution in [2.45, 2.75) is 19.4 Å². The van der Waals surface area contributed by atoms with Gasteiger partial charge in [0.15, 0.2) is 0 Å². The average Bonchev–Trinajstić information content (AvgIpc) is 2.22. The van der Waals surface area contributed by atoms with Gasteiger partial charge in [0.25, 0.3) is 0 Å². The Bertz CT molecular complexity index is 396. The summed E-state index contributed by atoms with van der Waals surface area (Å²) in [6.07, 6.45) is 0.520. The standard InChI is InChI=1S/C11H13Cl2NO2/c1-3-10(11(15)16)14(2)7-4-5-8(12)9(13)6-7/h4-6,10H,3H2,1-2H3,(H,15,16)/t10-/m1/s1. The van der Waals surface area contributed by atoms with Gasteiger partial charge in [0.2, 0.25) is 0 Å². The molecular formula is C11H13Cl2NO2. The van der Waals surface area contributed by atoms with Gasteiger partial charge < -0.3 is 10.0 Å². The van der Waals surface area contributed by atoms with Crippen LogP contribution >= 0.6 is 23.2 Å². The van der Waals surface area contributed by atoms with Crippen molar-refractivity contribution in [3.8, 4) is 0 Å². The quantitative estimate of drug-likeness (QED) is 0.905. The third kappa shape index (κ3) is 2.80. The fourth-order valence-corrected chi connectivity index (χ4v) is 1.79. The first-order valence-electron chi connectivity index (χ1n) is 4.88. The molecule has 1 rings (SSSR count). The molecule has 0 radical (unpaired) electrons. The lowest BCUT2D eigenvalue weighted by molar-refractivity contribution is -0.138. The van der Waals surface area contributed by atoms with Crippen molar-refractivity contribution in [1.29, 1.82) is 0 Å². The van der Waals surface area contributed by atoms with E-state index in [0.717, 1.165) is 5.69 Å². The lowest BCUT2D eigenvalue weighted by Crippen LogP contribution is -2.37. The highest BCUT2D eigenvalue weighted by atomic mass is 35.5. The molecule has 0 spiro atoms. The normalized spacial score (nSPS) is 12.2. The van der Waals surface area contributed by atoms with Gasteiger partial charge in [-0.3, -0.25) is 0 Å². The minimum absolute atomic E-state index is 0.422. The highest BCUT2D eigenvalue weighted by molar-refractivity contribution is 6.42. The SMILES string of the molecule is CC[C@H](C(=O)O)N(C)c1ccc(Cl)c(Cl)c1. The fraction of sp³-hybridized carbons (Fsp3) is 0.364. The van der Waals surface area contributed by atoms with E-state index in [1.807, 2.05) is 6.92 Å². The van der Waals surface area contributed by atoms with Crippen molar-refractivity contribution in [2.75, 3.05) is 11.9 Å². The van der Waals surface area contributed by atoms with Crippen molar-refractivity contribution in [3.63, 3.8) is 0 Å². The third-order valence-electron chi connectivity index (χ3n) is 2.45. The largest absolute Gasteiger partial charge is 0.480 e. The minimum atomic E-state index is -0.851. The third-order valence-corrected chi connectivity index (χ3v) is 3.19. The number of nitrogens with zero attached hydrogens (tertiary/aromatic N) is 1. The Morgan fingerprint density at radius 3 is 2.50 bits per heavy atom. The number of carboxylic acids is 1. The lowest BCUT2D eigenvalue weighted by Gasteiger charge is -2.26. The number of aliphatic carboxylic acids is 1. The van der Waals surface area contributed by atoms with Gasteiger partial charge in [-0.2, -0.15) is 0 Å². The predicted octanol–water partition coefficient (Wildman–Crippen LogP) is 3.29. The van der Waals surface area contributed by atoms with Gasteiger partial charge in [-0.25, -0.2) is 4.79 Å². The summed E-state index contributed by atoms with van der Waals surface area (Å²) in [7, 11) is 1.72. The first-order valence-corrected chi connectivity index (χ1v) is 5.63. The number of benzene rings is 1. The van der Waals surface area contributed by atoms with E-state index < -0.39 is 12.0 Å². The Hall–Kier alpha value is -0.930. The van der Waals surface area contributed by atoms with Crippen LogP contribution in [-0.2, 0) is 4.79 Å². The molecule has 0 heterocycles. The summed E-state index contributed by atoms with van der Waals surface area (Å²) < 4.78 is 0. The topological polar surface area (TPSA) is 40.5 Å². The Morgan fingerprint density at radius 1 is 1.44 bits per heavy atom. The van der Waals surface area contributed by atoms with Gasteiger partial charge in [-0.15, -0.1) is 0 Å². The van der Waals surface area contributed by atoms with Crippen LogP contribution in [0.1, 0.15) is 13.3 Å². The number of likely N-dealkylation sites (N-methyl/N-ethyl adjacent to an activating group) is 1. The second-order valence-corrected chi connectivity index (χ2v) is 4.29. The highest BCUT2D eigenvalue weighted by Gasteiger charge is 2.21. The van der Waals surface area contributed by atoms with Crippen LogP contribution in [0, 0.1) is 0 Å². The molecule has 0 aliphatic carbocycles. The predicted molar refractivity (Wildman–Crippen MR) is 66.6 cm³/mol. The number of anilines is 1. The van der Waals surface area contributed by atoms with Crippen molar-refractivity contribution in [3.05, 3.63) is 28.2 Å². The molecule has 0 saturated carbocycles. The van der Waals surface area contributed by atoms with Crippen molar-refractivity contribution in [2.24, 2.45) is 0 Å². The van der Waals surface area contributed by atoms with Crippen molar-refractivity contribution >= 4 is 34.9 Å². The molecule has 0 saturated heterocycles. The fourth-order valence-electron chi connectivity index (χ4n) is 1.50. The molecule has 0 aliphatic heterocycles. The summed E-state index contributed by atoms with van der Waals surface area (Å²) in [4.78, 5) is 12.7. The van der Waals surface area contributed by atoms with Crippen LogP contribution < -0.4 is 4.90 Å². The smallest absolute Gasteiger partial charge is 0.326 e. The molecule has 3 nitrogen and oxygen atoms in total. The number of rotatable bonds is 4. The summed E-state index contributed by atoms with van der Waals surface area (Å²) in [6.45, 7) is 1.83. The number of hydrogen-bond acceptors (Lipinski definition) is 2. The lowest BCUT2D eigenvalue weighted by atomic mass is 10.2. The summed E-state index contributed by atoms with van der Waals surface area (Å²) in [5.41, 5.74) is 0.739. The summed E-state index contributed by atoms with van der Waals surface area (Å²) >= 11 is 11.7. The van der Waals surface area contributed by atoms with Gasteiger partial charge in [-0.1, -0.05) is 30.1 Å². The van der Waals surface area contributed by atoms with Gasteiger partial charge in [0, 0.05) is 12.7 Å². The van der Waals surface area contributed by atoms with Crippen LogP contribution in [0.4, 0.5) is 5.69 Å². The summed E-state index contributed by atoms with van der Waals surface area (Å²) in [5, 5.41) is 9.91. The Kier molecular flexibility index (Phi) is 4.44. The average molecular weight is 262 g/mol. The molecule has 1 aromatic rings. The first-order chi connectivity index (χ1) is 7.47. The molecular weight excluding hydrogens is 249 g/mol. The zero-order valence-corrected chi connectivity index (χ0v) is 10.6. The van der Waals surface area contributed by atoms with Crippen LogP contribution in [0.25, 0.3) is 0 Å². The molecule has 0 aliphatic rings. The van der Waals surface area contributed by atoms with E-state index in [2.05, 4.69) is 0 Å². The Morgan fingerprint density at radius 2 is 2.06 bits per heavy atom. The molecule has 5 heteroatoms. The molecule has 1 N–H and O–H groups in total. The minimum Gasteiger partial charge on any atom is -0.480 e. The number of carboxylic acid groups (broad SMARTS) is 1. The maximum atomic E-state index is 11.0. The second kappa shape index (κ2) is 5.41. The van der Waals surface area contributed by atoms with Crippen LogP contribution in [0.5, 0.6) is 0 Å². The van der Waals surface area contributed by atoms with Gasteiger partial charge in [0.1, 0.15) is 6.04 Å². The van der Waals surface area contributed by atoms with Crippen LogP contribution in [0.3, 0.4) is 0 Å². The van der Waals surface area contributed by atoms with E-state index in [-0.39, 0.29) is 0 Å². The molecule has 88 valence electrons. The van der Waals surface area contributed by atoms with E-state index in [4.69, 9.17) is 28.3 Å². The summed E-state index contributed by atoms with van der Waals surface area (Å²) in [5.74, 6) is -0.851. The highest BCUT2D eigenvalue weighted by Crippen LogP contribution is 2.27. The number of carbonyl (C=O) groups is 1. The van der Waals surface area contributed by atoms with E-state index in [1.165, 1.54) is 0 Å². The number of hydrogen-bond donors (Lipinski definition) is 1. The first kappa shape index (κ1) is 13.1.